The van der Waals surface area contributed by atoms with Crippen LogP contribution in [-0.4, -0.2) is 37.2 Å². The van der Waals surface area contributed by atoms with E-state index in [2.05, 4.69) is 106 Å². The minimum absolute atomic E-state index is 0.0961. The molecule has 0 heterocycles. The third kappa shape index (κ3) is 53.5. The maximum absolute atomic E-state index is 12.8. The fourth-order valence-corrected chi connectivity index (χ4v) is 7.87. The Labute approximate surface area is 420 Å². The van der Waals surface area contributed by atoms with Crippen molar-refractivity contribution in [1.82, 2.24) is 0 Å². The van der Waals surface area contributed by atoms with E-state index in [0.717, 1.165) is 109 Å². The third-order valence-corrected chi connectivity index (χ3v) is 12.2. The average Bonchev–Trinajstić information content (AvgIpc) is 3.34. The lowest BCUT2D eigenvalue weighted by molar-refractivity contribution is -0.167. The molecule has 0 aliphatic heterocycles. The van der Waals surface area contributed by atoms with Gasteiger partial charge in [0.25, 0.3) is 0 Å². The highest BCUT2D eigenvalue weighted by molar-refractivity contribution is 5.71. The van der Waals surface area contributed by atoms with Crippen LogP contribution in [0.4, 0.5) is 0 Å². The zero-order chi connectivity index (χ0) is 49.3. The molecule has 0 saturated carbocycles. The van der Waals surface area contributed by atoms with Gasteiger partial charge in [0.1, 0.15) is 13.2 Å². The Balaban J connectivity index is 4.48. The Morgan fingerprint density at radius 3 is 1.00 bits per heavy atom. The summed E-state index contributed by atoms with van der Waals surface area (Å²) in [5.74, 6) is -0.950. The Morgan fingerprint density at radius 2 is 0.618 bits per heavy atom. The average molecular weight is 948 g/mol. The third-order valence-electron chi connectivity index (χ3n) is 12.2. The molecule has 0 fully saturated rings. The zero-order valence-corrected chi connectivity index (χ0v) is 44.6. The van der Waals surface area contributed by atoms with Gasteiger partial charge in [-0.15, -0.1) is 0 Å². The van der Waals surface area contributed by atoms with E-state index in [1.54, 1.807) is 0 Å². The maximum Gasteiger partial charge on any atom is 0.306 e. The summed E-state index contributed by atoms with van der Waals surface area (Å²) in [6, 6.07) is 0. The fraction of sp³-hybridized carbons (Fsp3) is 0.726. The summed E-state index contributed by atoms with van der Waals surface area (Å²) in [5, 5.41) is 0. The number of allylic oxidation sites excluding steroid dienone is 14. The number of hydrogen-bond donors (Lipinski definition) is 0. The summed E-state index contributed by atoms with van der Waals surface area (Å²) in [7, 11) is 0. The van der Waals surface area contributed by atoms with Crippen molar-refractivity contribution in [3.63, 3.8) is 0 Å². The van der Waals surface area contributed by atoms with Gasteiger partial charge in [-0.25, -0.2) is 0 Å². The number of carbonyl (C=O) groups excluding carboxylic acids is 3. The van der Waals surface area contributed by atoms with Gasteiger partial charge in [0, 0.05) is 19.3 Å². The largest absolute Gasteiger partial charge is 0.462 e. The first-order chi connectivity index (χ1) is 33.5. The summed E-state index contributed by atoms with van der Waals surface area (Å²) >= 11 is 0. The minimum atomic E-state index is -0.803. The standard InChI is InChI=1S/C62H106O6/c1-4-7-10-13-16-19-22-25-28-30-31-32-35-37-40-43-46-49-52-55-61(64)67-58-59(57-66-60(63)54-51-48-45-42-39-36-33-27-24-21-18-15-12-9-6-3)68-62(65)56-53-50-47-44-41-38-34-29-26-23-20-17-14-11-8-5-2/h7,10,16,19,25,28-29,31-32,34,37-38,40-41,59H,4-6,8-9,11-15,17-18,20-24,26-27,30,33,35-36,39,42-58H2,1-3H3/b10-7-,19-16-,28-25-,32-31-,34-29-,40-37-,41-38-. The SMILES string of the molecule is CC/C=C\C/C=C\C/C=C\C/C=C\C/C=C\CCCCCC(=O)OCC(COC(=O)CCCCCCCCCCCCCCCCC)OC(=O)CCCCC/C=C\C=C/CCCCCCCCC. The van der Waals surface area contributed by atoms with Gasteiger partial charge in [-0.1, -0.05) is 247 Å². The van der Waals surface area contributed by atoms with Crippen LogP contribution in [0.3, 0.4) is 0 Å². The summed E-state index contributed by atoms with van der Waals surface area (Å²) < 4.78 is 16.8. The van der Waals surface area contributed by atoms with Gasteiger partial charge in [-0.3, -0.25) is 14.4 Å². The summed E-state index contributed by atoms with van der Waals surface area (Å²) in [6.45, 7) is 6.49. The first-order valence-electron chi connectivity index (χ1n) is 28.6. The predicted octanol–water partition coefficient (Wildman–Crippen LogP) is 19.2. The minimum Gasteiger partial charge on any atom is -0.462 e. The van der Waals surface area contributed by atoms with Crippen molar-refractivity contribution in [2.75, 3.05) is 13.2 Å². The molecule has 0 aliphatic rings. The van der Waals surface area contributed by atoms with E-state index in [1.165, 1.54) is 122 Å². The van der Waals surface area contributed by atoms with E-state index in [9.17, 15) is 14.4 Å². The molecule has 0 amide bonds. The molecule has 0 spiro atoms. The van der Waals surface area contributed by atoms with Crippen LogP contribution >= 0.6 is 0 Å². The molecule has 0 radical (unpaired) electrons. The lowest BCUT2D eigenvalue weighted by Gasteiger charge is -2.18. The maximum atomic E-state index is 12.8. The number of carbonyl (C=O) groups is 3. The number of unbranched alkanes of at least 4 members (excludes halogenated alkanes) is 27. The molecular formula is C62H106O6. The highest BCUT2D eigenvalue weighted by atomic mass is 16.6. The molecule has 68 heavy (non-hydrogen) atoms. The first-order valence-corrected chi connectivity index (χ1v) is 28.6. The van der Waals surface area contributed by atoms with Gasteiger partial charge in [0.05, 0.1) is 0 Å². The molecule has 1 unspecified atom stereocenters. The lowest BCUT2D eigenvalue weighted by Crippen LogP contribution is -2.30. The lowest BCUT2D eigenvalue weighted by atomic mass is 10.0. The van der Waals surface area contributed by atoms with Crippen molar-refractivity contribution in [2.24, 2.45) is 0 Å². The Hall–Kier alpha value is -3.41. The summed E-state index contributed by atoms with van der Waals surface area (Å²) in [5.41, 5.74) is 0. The van der Waals surface area contributed by atoms with Gasteiger partial charge in [0.15, 0.2) is 6.10 Å². The van der Waals surface area contributed by atoms with Crippen LogP contribution in [0.2, 0.25) is 0 Å². The summed E-state index contributed by atoms with van der Waals surface area (Å²) in [4.78, 5) is 38.1. The van der Waals surface area contributed by atoms with Crippen molar-refractivity contribution in [1.29, 1.82) is 0 Å². The van der Waals surface area contributed by atoms with E-state index >= 15 is 0 Å². The molecule has 390 valence electrons. The van der Waals surface area contributed by atoms with Crippen molar-refractivity contribution in [3.8, 4) is 0 Å². The second kappa shape index (κ2) is 56.2. The molecular weight excluding hydrogens is 841 g/mol. The van der Waals surface area contributed by atoms with E-state index in [0.29, 0.717) is 12.8 Å². The molecule has 0 aromatic rings. The van der Waals surface area contributed by atoms with Crippen LogP contribution in [0.5, 0.6) is 0 Å². The van der Waals surface area contributed by atoms with Crippen molar-refractivity contribution >= 4 is 17.9 Å². The zero-order valence-electron chi connectivity index (χ0n) is 44.6. The molecule has 0 N–H and O–H groups in total. The second-order valence-corrected chi connectivity index (χ2v) is 18.9. The normalized spacial score (nSPS) is 12.7. The molecule has 6 heteroatoms. The topological polar surface area (TPSA) is 78.9 Å². The summed E-state index contributed by atoms with van der Waals surface area (Å²) in [6.07, 6.45) is 72.8. The van der Waals surface area contributed by atoms with E-state index < -0.39 is 6.10 Å². The van der Waals surface area contributed by atoms with Crippen LogP contribution in [0.1, 0.15) is 271 Å². The van der Waals surface area contributed by atoms with Crippen LogP contribution in [0.25, 0.3) is 0 Å². The van der Waals surface area contributed by atoms with Crippen molar-refractivity contribution < 1.29 is 28.6 Å². The molecule has 1 atom stereocenters. The quantitative estimate of drug-likeness (QED) is 0.0199. The smallest absolute Gasteiger partial charge is 0.306 e. The van der Waals surface area contributed by atoms with Crippen LogP contribution in [-0.2, 0) is 28.6 Å². The first kappa shape index (κ1) is 64.6. The Kier molecular flexibility index (Phi) is 53.4. The Bertz CT molecular complexity index is 1320. The van der Waals surface area contributed by atoms with Crippen molar-refractivity contribution in [2.45, 2.75) is 277 Å². The van der Waals surface area contributed by atoms with Crippen LogP contribution < -0.4 is 0 Å². The number of esters is 3. The monoisotopic (exact) mass is 947 g/mol. The molecule has 0 aliphatic carbocycles. The molecule has 0 rings (SSSR count). The molecule has 0 bridgehead atoms. The second-order valence-electron chi connectivity index (χ2n) is 18.9. The van der Waals surface area contributed by atoms with Gasteiger partial charge in [0.2, 0.25) is 0 Å². The van der Waals surface area contributed by atoms with Gasteiger partial charge in [-0.2, -0.15) is 0 Å². The number of ether oxygens (including phenoxy) is 3. The highest BCUT2D eigenvalue weighted by Crippen LogP contribution is 2.15. The number of rotatable bonds is 51. The van der Waals surface area contributed by atoms with E-state index in [1.807, 2.05) is 0 Å². The van der Waals surface area contributed by atoms with Crippen LogP contribution in [0, 0.1) is 0 Å². The molecule has 0 aromatic heterocycles. The van der Waals surface area contributed by atoms with Crippen LogP contribution in [0.15, 0.2) is 85.1 Å². The highest BCUT2D eigenvalue weighted by Gasteiger charge is 2.19. The number of hydrogen-bond acceptors (Lipinski definition) is 6. The van der Waals surface area contributed by atoms with Gasteiger partial charge in [-0.05, 0) is 89.9 Å². The Morgan fingerprint density at radius 1 is 0.324 bits per heavy atom. The van der Waals surface area contributed by atoms with Gasteiger partial charge >= 0.3 is 17.9 Å². The molecule has 0 aromatic carbocycles. The van der Waals surface area contributed by atoms with Crippen molar-refractivity contribution in [3.05, 3.63) is 85.1 Å². The van der Waals surface area contributed by atoms with Gasteiger partial charge < -0.3 is 14.2 Å². The van der Waals surface area contributed by atoms with E-state index in [-0.39, 0.29) is 37.5 Å². The van der Waals surface area contributed by atoms with E-state index in [4.69, 9.17) is 14.2 Å². The predicted molar refractivity (Wildman–Crippen MR) is 293 cm³/mol. The molecule has 6 nitrogen and oxygen atoms in total. The fourth-order valence-electron chi connectivity index (χ4n) is 7.87. The molecule has 0 saturated heterocycles.